The highest BCUT2D eigenvalue weighted by Gasteiger charge is 2.44. The van der Waals surface area contributed by atoms with E-state index in [2.05, 4.69) is 10.1 Å². The van der Waals surface area contributed by atoms with Gasteiger partial charge in [0.1, 0.15) is 5.69 Å². The average Bonchev–Trinajstić information content (AvgIpc) is 3.31. The molecule has 1 fully saturated rings. The maximum absolute atomic E-state index is 14.1. The minimum atomic E-state index is -1.49. The molecule has 0 saturated carbocycles. The summed E-state index contributed by atoms with van der Waals surface area (Å²) in [5.41, 5.74) is 5.95. The van der Waals surface area contributed by atoms with Crippen molar-refractivity contribution in [1.29, 1.82) is 0 Å². The van der Waals surface area contributed by atoms with Crippen molar-refractivity contribution in [3.05, 3.63) is 69.6 Å². The molecule has 0 N–H and O–H groups in total. The van der Waals surface area contributed by atoms with Crippen LogP contribution in [0.1, 0.15) is 64.0 Å². The number of hydrogen-bond acceptors (Lipinski definition) is 4. The van der Waals surface area contributed by atoms with E-state index in [9.17, 15) is 18.0 Å². The van der Waals surface area contributed by atoms with Crippen LogP contribution in [0.4, 0.5) is 13.2 Å². The monoisotopic (exact) mass is 494 g/mol. The van der Waals surface area contributed by atoms with Gasteiger partial charge in [-0.2, -0.15) is 10.2 Å². The summed E-state index contributed by atoms with van der Waals surface area (Å²) >= 11 is 0. The van der Waals surface area contributed by atoms with Crippen LogP contribution in [0.2, 0.25) is 0 Å². The lowest BCUT2D eigenvalue weighted by Gasteiger charge is -2.45. The van der Waals surface area contributed by atoms with Crippen molar-refractivity contribution in [2.75, 3.05) is 0 Å². The number of benzene rings is 1. The number of piperidine rings is 1. The van der Waals surface area contributed by atoms with Crippen LogP contribution in [-0.4, -0.2) is 41.2 Å². The molecule has 2 atom stereocenters. The van der Waals surface area contributed by atoms with Crippen LogP contribution >= 0.6 is 0 Å². The first-order chi connectivity index (χ1) is 17.2. The predicted octanol–water partition coefficient (Wildman–Crippen LogP) is 4.76. The molecule has 0 unspecified atom stereocenters. The molecule has 0 radical (unpaired) electrons. The van der Waals surface area contributed by atoms with Gasteiger partial charge in [-0.15, -0.1) is 0 Å². The minimum absolute atomic E-state index is 0.108. The van der Waals surface area contributed by atoms with E-state index in [1.165, 1.54) is 0 Å². The van der Waals surface area contributed by atoms with Gasteiger partial charge < -0.3 is 4.90 Å². The van der Waals surface area contributed by atoms with Crippen LogP contribution in [0.25, 0.3) is 16.9 Å². The second-order valence-corrected chi connectivity index (χ2v) is 9.84. The first kappa shape index (κ1) is 22.8. The summed E-state index contributed by atoms with van der Waals surface area (Å²) in [6.07, 6.45) is 2.95. The van der Waals surface area contributed by atoms with Crippen LogP contribution in [-0.2, 0) is 13.5 Å². The Balaban J connectivity index is 1.47. The Kier molecular flexibility index (Phi) is 5.00. The molecule has 1 aromatic carbocycles. The van der Waals surface area contributed by atoms with Gasteiger partial charge in [-0.05, 0) is 64.7 Å². The van der Waals surface area contributed by atoms with E-state index in [4.69, 9.17) is 5.10 Å². The Morgan fingerprint density at radius 2 is 1.75 bits per heavy atom. The highest BCUT2D eigenvalue weighted by Crippen LogP contribution is 2.45. The number of carbonyl (C=O) groups is 1. The third-order valence-electron chi connectivity index (χ3n) is 7.57. The quantitative estimate of drug-likeness (QED) is 0.377. The van der Waals surface area contributed by atoms with E-state index in [0.717, 1.165) is 59.6 Å². The van der Waals surface area contributed by atoms with Crippen molar-refractivity contribution in [3.8, 4) is 11.3 Å². The summed E-state index contributed by atoms with van der Waals surface area (Å²) < 4.78 is 44.9. The highest BCUT2D eigenvalue weighted by molar-refractivity contribution is 5.94. The Hall–Kier alpha value is -3.69. The largest absolute Gasteiger partial charge is 0.325 e. The van der Waals surface area contributed by atoms with Crippen molar-refractivity contribution in [2.45, 2.75) is 58.5 Å². The van der Waals surface area contributed by atoms with Crippen molar-refractivity contribution in [2.24, 2.45) is 7.05 Å². The van der Waals surface area contributed by atoms with Gasteiger partial charge in [0, 0.05) is 35.5 Å². The molecular formula is C26H25F3N6O. The first-order valence-electron chi connectivity index (χ1n) is 12.0. The van der Waals surface area contributed by atoms with E-state index in [-0.39, 0.29) is 23.6 Å². The number of nitrogens with zero attached hydrogens (tertiary/aromatic N) is 6. The van der Waals surface area contributed by atoms with Crippen LogP contribution in [0, 0.1) is 38.2 Å². The standard InChI is InChI=1S/C26H25F3N6O/c1-12-8-21(35-25(30-12)13(2)14(3)31-35)26(36)34-16-6-5-7-20(34)23-17(11-16)24(33(4)32-23)15-9-18(27)22(29)19(28)10-15/h8-10,16,20H,5-7,11H2,1-4H3/t16-,20+/m1/s1. The molecule has 0 spiro atoms. The zero-order chi connectivity index (χ0) is 25.5. The van der Waals surface area contributed by atoms with Crippen molar-refractivity contribution in [1.82, 2.24) is 29.3 Å². The van der Waals surface area contributed by atoms with E-state index < -0.39 is 17.5 Å². The summed E-state index contributed by atoms with van der Waals surface area (Å²) in [6.45, 7) is 5.70. The average molecular weight is 495 g/mol. The third-order valence-corrected chi connectivity index (χ3v) is 7.57. The van der Waals surface area contributed by atoms with Gasteiger partial charge in [-0.3, -0.25) is 9.48 Å². The molecule has 2 bridgehead atoms. The molecule has 7 nitrogen and oxygen atoms in total. The number of rotatable bonds is 2. The van der Waals surface area contributed by atoms with Gasteiger partial charge in [-0.25, -0.2) is 22.7 Å². The van der Waals surface area contributed by atoms with E-state index in [1.54, 1.807) is 22.3 Å². The molecule has 6 rings (SSSR count). The highest BCUT2D eigenvalue weighted by atomic mass is 19.2. The van der Waals surface area contributed by atoms with Crippen LogP contribution in [0.5, 0.6) is 0 Å². The maximum atomic E-state index is 14.1. The van der Waals surface area contributed by atoms with Gasteiger partial charge in [0.25, 0.3) is 5.91 Å². The van der Waals surface area contributed by atoms with E-state index in [1.807, 2.05) is 25.7 Å². The number of hydrogen-bond donors (Lipinski definition) is 0. The second-order valence-electron chi connectivity index (χ2n) is 9.84. The van der Waals surface area contributed by atoms with E-state index >= 15 is 0 Å². The van der Waals surface area contributed by atoms with Crippen molar-refractivity contribution >= 4 is 11.6 Å². The predicted molar refractivity (Wildman–Crippen MR) is 126 cm³/mol. The van der Waals surface area contributed by atoms with Gasteiger partial charge in [0.15, 0.2) is 23.1 Å². The fourth-order valence-electron chi connectivity index (χ4n) is 5.84. The molecule has 1 amide bonds. The molecule has 3 aromatic heterocycles. The number of aryl methyl sites for hydroxylation is 4. The Morgan fingerprint density at radius 3 is 2.47 bits per heavy atom. The van der Waals surface area contributed by atoms with Gasteiger partial charge in [0.05, 0.1) is 23.1 Å². The zero-order valence-corrected chi connectivity index (χ0v) is 20.4. The smallest absolute Gasteiger partial charge is 0.273 e. The molecule has 10 heteroatoms. The van der Waals surface area contributed by atoms with Crippen LogP contribution in [0.15, 0.2) is 18.2 Å². The molecule has 2 aliphatic heterocycles. The van der Waals surface area contributed by atoms with Gasteiger partial charge in [0.2, 0.25) is 0 Å². The number of amides is 1. The summed E-state index contributed by atoms with van der Waals surface area (Å²) in [7, 11) is 1.70. The summed E-state index contributed by atoms with van der Waals surface area (Å²) in [4.78, 5) is 20.5. The van der Waals surface area contributed by atoms with Crippen LogP contribution in [0.3, 0.4) is 0 Å². The van der Waals surface area contributed by atoms with Gasteiger partial charge >= 0.3 is 0 Å². The number of aromatic nitrogens is 5. The third kappa shape index (κ3) is 3.19. The SMILES string of the molecule is Cc1cc(C(=O)N2[C@@H]3CCC[C@H]2c2nn(C)c(-c4cc(F)c(F)c(F)c4)c2C3)n2nc(C)c(C)c2n1. The lowest BCUT2D eigenvalue weighted by atomic mass is 9.81. The van der Waals surface area contributed by atoms with Crippen molar-refractivity contribution in [3.63, 3.8) is 0 Å². The summed E-state index contributed by atoms with van der Waals surface area (Å²) in [5.74, 6) is -4.12. The van der Waals surface area contributed by atoms with E-state index in [0.29, 0.717) is 23.5 Å². The number of halogens is 3. The molecule has 186 valence electrons. The molecule has 2 aliphatic rings. The minimum Gasteiger partial charge on any atom is -0.325 e. The fraction of sp³-hybridized carbons (Fsp3) is 0.385. The van der Waals surface area contributed by atoms with Crippen LogP contribution < -0.4 is 0 Å². The molecule has 5 heterocycles. The first-order valence-corrected chi connectivity index (χ1v) is 12.0. The Bertz CT molecular complexity index is 1550. The topological polar surface area (TPSA) is 68.3 Å². The molecule has 4 aromatic rings. The summed E-state index contributed by atoms with van der Waals surface area (Å²) in [5, 5.41) is 9.28. The lowest BCUT2D eigenvalue weighted by molar-refractivity contribution is 0.0383. The van der Waals surface area contributed by atoms with Crippen molar-refractivity contribution < 1.29 is 18.0 Å². The number of fused-ring (bicyclic) bond motifs is 5. The molecular weight excluding hydrogens is 469 g/mol. The number of carbonyl (C=O) groups excluding carboxylic acids is 1. The lowest BCUT2D eigenvalue weighted by Crippen LogP contribution is -2.50. The molecule has 36 heavy (non-hydrogen) atoms. The molecule has 0 aliphatic carbocycles. The Labute approximate surface area is 205 Å². The normalized spacial score (nSPS) is 19.1. The molecule has 1 saturated heterocycles. The van der Waals surface area contributed by atoms with Gasteiger partial charge in [-0.1, -0.05) is 0 Å². The summed E-state index contributed by atoms with van der Waals surface area (Å²) in [6, 6.07) is 3.38. The Morgan fingerprint density at radius 1 is 1.03 bits per heavy atom. The maximum Gasteiger partial charge on any atom is 0.273 e. The zero-order valence-electron chi connectivity index (χ0n) is 20.4. The fourth-order valence-corrected chi connectivity index (χ4v) is 5.84. The second kappa shape index (κ2) is 7.91.